The Morgan fingerprint density at radius 2 is 1.79 bits per heavy atom. The number of carbonyl (C=O) groups excluding carboxylic acids is 3. The lowest BCUT2D eigenvalue weighted by atomic mass is 9.97. The van der Waals surface area contributed by atoms with E-state index in [9.17, 15) is 14.4 Å². The Bertz CT molecular complexity index is 1110. The predicted molar refractivity (Wildman–Crippen MR) is 133 cm³/mol. The third kappa shape index (κ3) is 3.69. The molecule has 3 aliphatic rings. The molecule has 5 rings (SSSR count). The molecule has 2 saturated heterocycles. The largest absolute Gasteiger partial charge is 0.466 e. The molecule has 0 radical (unpaired) electrons. The van der Waals surface area contributed by atoms with Gasteiger partial charge in [-0.25, -0.2) is 0 Å². The molecule has 2 amide bonds. The molecule has 2 fully saturated rings. The molecular weight excluding hydrogens is 450 g/mol. The van der Waals surface area contributed by atoms with Gasteiger partial charge in [0.15, 0.2) is 0 Å². The Kier molecular flexibility index (Phi) is 6.12. The van der Waals surface area contributed by atoms with E-state index < -0.39 is 4.87 Å². The Hall–Kier alpha value is -2.84. The number of thioether (sulfide) groups is 1. The van der Waals surface area contributed by atoms with E-state index in [0.29, 0.717) is 13.3 Å². The van der Waals surface area contributed by atoms with Crippen molar-refractivity contribution in [3.8, 4) is 0 Å². The summed E-state index contributed by atoms with van der Waals surface area (Å²) in [5, 5.41) is 0. The van der Waals surface area contributed by atoms with Crippen LogP contribution in [-0.2, 0) is 24.0 Å². The van der Waals surface area contributed by atoms with E-state index in [0.717, 1.165) is 48.4 Å². The number of fused-ring (bicyclic) bond motifs is 2. The van der Waals surface area contributed by atoms with Crippen LogP contribution in [-0.4, -0.2) is 54.8 Å². The van der Waals surface area contributed by atoms with Gasteiger partial charge in [0, 0.05) is 24.3 Å². The quantitative estimate of drug-likeness (QED) is 0.612. The fourth-order valence-electron chi connectivity index (χ4n) is 5.16. The Balaban J connectivity index is 1.43. The molecule has 3 heterocycles. The fourth-order valence-corrected chi connectivity index (χ4v) is 6.52. The predicted octanol–water partition coefficient (Wildman–Crippen LogP) is 3.51. The number of rotatable bonds is 5. The van der Waals surface area contributed by atoms with Crippen molar-refractivity contribution >= 4 is 40.9 Å². The summed E-state index contributed by atoms with van der Waals surface area (Å²) in [6, 6.07) is 15.6. The molecule has 3 aliphatic heterocycles. The first-order chi connectivity index (χ1) is 16.5. The summed E-state index contributed by atoms with van der Waals surface area (Å²) in [4.78, 5) is 44.0. The minimum atomic E-state index is -1.09. The number of esters is 1. The van der Waals surface area contributed by atoms with Crippen molar-refractivity contribution in [3.63, 3.8) is 0 Å². The Morgan fingerprint density at radius 1 is 1.09 bits per heavy atom. The molecule has 0 unspecified atom stereocenters. The van der Waals surface area contributed by atoms with Crippen LogP contribution in [0, 0.1) is 12.8 Å². The summed E-state index contributed by atoms with van der Waals surface area (Å²) < 4.78 is 5.19. The molecule has 178 valence electrons. The van der Waals surface area contributed by atoms with Crippen molar-refractivity contribution < 1.29 is 19.1 Å². The zero-order chi connectivity index (χ0) is 23.9. The summed E-state index contributed by atoms with van der Waals surface area (Å²) >= 11 is 1.40. The number of hydrogen-bond acceptors (Lipinski definition) is 6. The molecule has 1 atom stereocenters. The lowest BCUT2D eigenvalue weighted by Gasteiger charge is -2.36. The van der Waals surface area contributed by atoms with Crippen LogP contribution in [0.2, 0.25) is 0 Å². The molecule has 0 aromatic heterocycles. The van der Waals surface area contributed by atoms with Crippen molar-refractivity contribution in [3.05, 3.63) is 59.7 Å². The zero-order valence-electron chi connectivity index (χ0n) is 19.5. The second-order valence-electron chi connectivity index (χ2n) is 9.03. The molecule has 2 aromatic carbocycles. The summed E-state index contributed by atoms with van der Waals surface area (Å²) in [7, 11) is 0. The van der Waals surface area contributed by atoms with Gasteiger partial charge in [0.2, 0.25) is 10.8 Å². The molecule has 2 aromatic rings. The highest BCUT2D eigenvalue weighted by atomic mass is 32.2. The molecule has 0 aliphatic carbocycles. The number of ether oxygens (including phenoxy) is 1. The van der Waals surface area contributed by atoms with Gasteiger partial charge in [-0.2, -0.15) is 0 Å². The van der Waals surface area contributed by atoms with Crippen molar-refractivity contribution in [1.82, 2.24) is 4.90 Å². The molecule has 34 heavy (non-hydrogen) atoms. The smallest absolute Gasteiger partial charge is 0.309 e. The molecule has 1 spiro atoms. The second kappa shape index (κ2) is 9.07. The van der Waals surface area contributed by atoms with Crippen LogP contribution >= 0.6 is 11.8 Å². The molecule has 0 N–H and O–H groups in total. The van der Waals surface area contributed by atoms with Gasteiger partial charge < -0.3 is 4.74 Å². The lowest BCUT2D eigenvalue weighted by Crippen LogP contribution is -2.52. The number of piperidine rings is 1. The highest BCUT2D eigenvalue weighted by Gasteiger charge is 2.61. The first kappa shape index (κ1) is 22.9. The van der Waals surface area contributed by atoms with Gasteiger partial charge in [-0.05, 0) is 44.9 Å². The van der Waals surface area contributed by atoms with E-state index in [1.165, 1.54) is 11.8 Å². The van der Waals surface area contributed by atoms with Crippen LogP contribution in [0.4, 0.5) is 11.4 Å². The number of aryl methyl sites for hydroxylation is 1. The number of benzene rings is 2. The van der Waals surface area contributed by atoms with Gasteiger partial charge in [0.25, 0.3) is 5.91 Å². The van der Waals surface area contributed by atoms with E-state index in [1.807, 2.05) is 67.3 Å². The van der Waals surface area contributed by atoms with Crippen molar-refractivity contribution in [2.24, 2.45) is 5.92 Å². The van der Waals surface area contributed by atoms with E-state index in [1.54, 1.807) is 4.90 Å². The Morgan fingerprint density at radius 3 is 2.50 bits per heavy atom. The van der Waals surface area contributed by atoms with Crippen LogP contribution in [0.3, 0.4) is 0 Å². The van der Waals surface area contributed by atoms with Gasteiger partial charge >= 0.3 is 5.97 Å². The number of para-hydroxylation sites is 1. The van der Waals surface area contributed by atoms with E-state index >= 15 is 0 Å². The highest BCUT2D eigenvalue weighted by molar-refractivity contribution is 8.02. The first-order valence-electron chi connectivity index (χ1n) is 11.8. The second-order valence-corrected chi connectivity index (χ2v) is 10.2. The monoisotopic (exact) mass is 479 g/mol. The van der Waals surface area contributed by atoms with Crippen LogP contribution < -0.4 is 9.80 Å². The zero-order valence-corrected chi connectivity index (χ0v) is 20.3. The van der Waals surface area contributed by atoms with E-state index in [2.05, 4.69) is 4.90 Å². The number of hydrogen-bond donors (Lipinski definition) is 0. The summed E-state index contributed by atoms with van der Waals surface area (Å²) in [5.41, 5.74) is 3.54. The van der Waals surface area contributed by atoms with Crippen molar-refractivity contribution in [2.75, 3.05) is 41.9 Å². The van der Waals surface area contributed by atoms with Crippen LogP contribution in [0.1, 0.15) is 30.9 Å². The van der Waals surface area contributed by atoms with Crippen LogP contribution in [0.15, 0.2) is 48.5 Å². The lowest BCUT2D eigenvalue weighted by molar-refractivity contribution is -0.149. The molecule has 7 nitrogen and oxygen atoms in total. The topological polar surface area (TPSA) is 70.2 Å². The summed E-state index contributed by atoms with van der Waals surface area (Å²) in [6.45, 7) is 6.10. The number of nitrogens with zero attached hydrogens (tertiary/aromatic N) is 3. The average Bonchev–Trinajstić information content (AvgIpc) is 3.31. The van der Waals surface area contributed by atoms with Gasteiger partial charge in [0.1, 0.15) is 0 Å². The average molecular weight is 480 g/mol. The van der Waals surface area contributed by atoms with Crippen molar-refractivity contribution in [1.29, 1.82) is 0 Å². The number of amides is 2. The van der Waals surface area contributed by atoms with Crippen LogP contribution in [0.25, 0.3) is 0 Å². The Labute approximate surface area is 204 Å². The van der Waals surface area contributed by atoms with Gasteiger partial charge in [-0.15, -0.1) is 11.8 Å². The van der Waals surface area contributed by atoms with Gasteiger partial charge in [-0.1, -0.05) is 35.9 Å². The van der Waals surface area contributed by atoms with Gasteiger partial charge in [-0.3, -0.25) is 29.1 Å². The summed E-state index contributed by atoms with van der Waals surface area (Å²) in [5.74, 6) is -0.0959. The molecule has 0 bridgehead atoms. The number of carbonyl (C=O) groups is 3. The fraction of sp³-hybridized carbons (Fsp3) is 0.423. The third-order valence-corrected chi connectivity index (χ3v) is 8.29. The SMILES string of the molecule is CCOC(=O)C1CCN(CN2C(=O)[C@@]3(SCC(=O)N3c3ccc(C)cc3)c3ccccc32)CC1. The molecule has 8 heteroatoms. The highest BCUT2D eigenvalue weighted by Crippen LogP contribution is 2.55. The van der Waals surface area contributed by atoms with Crippen molar-refractivity contribution in [2.45, 2.75) is 31.6 Å². The third-order valence-electron chi connectivity index (χ3n) is 6.90. The minimum absolute atomic E-state index is 0.0610. The number of likely N-dealkylation sites (tertiary alicyclic amines) is 1. The first-order valence-corrected chi connectivity index (χ1v) is 12.8. The van der Waals surface area contributed by atoms with E-state index in [-0.39, 0.29) is 29.5 Å². The minimum Gasteiger partial charge on any atom is -0.466 e. The normalized spacial score (nSPS) is 23.1. The molecule has 0 saturated carbocycles. The van der Waals surface area contributed by atoms with Gasteiger partial charge in [0.05, 0.1) is 30.6 Å². The molecular formula is C26H29N3O4S. The van der Waals surface area contributed by atoms with Crippen LogP contribution in [0.5, 0.6) is 0 Å². The summed E-state index contributed by atoms with van der Waals surface area (Å²) in [6.07, 6.45) is 1.44. The maximum absolute atomic E-state index is 14.1. The maximum Gasteiger partial charge on any atom is 0.309 e. The standard InChI is InChI=1S/C26H29N3O4S/c1-3-33-24(31)19-12-14-27(15-13-19)17-28-22-7-5-4-6-21(22)26(25(28)32)29(23(30)16-34-26)20-10-8-18(2)9-11-20/h4-11,19H,3,12-17H2,1-2H3/t26-/m0/s1. The van der Waals surface area contributed by atoms with E-state index in [4.69, 9.17) is 4.74 Å². The maximum atomic E-state index is 14.1. The number of anilines is 2.